The summed E-state index contributed by atoms with van der Waals surface area (Å²) in [5.41, 5.74) is 0. The van der Waals surface area contributed by atoms with E-state index in [2.05, 4.69) is 6.58 Å². The molecule has 1 aliphatic heterocycles. The van der Waals surface area contributed by atoms with Gasteiger partial charge in [0.15, 0.2) is 0 Å². The SMILES string of the molecule is C=CC1CCCCN1C(=O)O. The van der Waals surface area contributed by atoms with E-state index in [9.17, 15) is 4.79 Å². The van der Waals surface area contributed by atoms with E-state index < -0.39 is 6.09 Å². The van der Waals surface area contributed by atoms with Gasteiger partial charge in [0.2, 0.25) is 0 Å². The second kappa shape index (κ2) is 3.42. The summed E-state index contributed by atoms with van der Waals surface area (Å²) in [5, 5.41) is 8.72. The molecular weight excluding hydrogens is 142 g/mol. The van der Waals surface area contributed by atoms with Gasteiger partial charge in [-0.1, -0.05) is 6.08 Å². The Balaban J connectivity index is 2.58. The minimum Gasteiger partial charge on any atom is -0.465 e. The first-order valence-electron chi connectivity index (χ1n) is 3.88. The third kappa shape index (κ3) is 1.73. The van der Waals surface area contributed by atoms with Crippen LogP contribution >= 0.6 is 0 Å². The molecule has 62 valence electrons. The van der Waals surface area contributed by atoms with Crippen LogP contribution in [0.1, 0.15) is 19.3 Å². The van der Waals surface area contributed by atoms with Crippen molar-refractivity contribution < 1.29 is 9.90 Å². The van der Waals surface area contributed by atoms with Gasteiger partial charge in [-0.05, 0) is 19.3 Å². The van der Waals surface area contributed by atoms with Crippen LogP contribution in [-0.4, -0.2) is 28.7 Å². The summed E-state index contributed by atoms with van der Waals surface area (Å²) >= 11 is 0. The molecular formula is C8H13NO2. The largest absolute Gasteiger partial charge is 0.465 e. The maximum Gasteiger partial charge on any atom is 0.407 e. The molecule has 0 saturated carbocycles. The molecule has 1 rings (SSSR count). The predicted molar refractivity (Wildman–Crippen MR) is 42.6 cm³/mol. The Bertz CT molecular complexity index is 167. The van der Waals surface area contributed by atoms with Crippen LogP contribution in [0.2, 0.25) is 0 Å². The van der Waals surface area contributed by atoms with E-state index in [0.717, 1.165) is 19.3 Å². The fraction of sp³-hybridized carbons (Fsp3) is 0.625. The van der Waals surface area contributed by atoms with Crippen molar-refractivity contribution in [3.05, 3.63) is 12.7 Å². The third-order valence-electron chi connectivity index (χ3n) is 2.07. The molecule has 3 heteroatoms. The topological polar surface area (TPSA) is 40.5 Å². The monoisotopic (exact) mass is 155 g/mol. The Morgan fingerprint density at radius 3 is 2.82 bits per heavy atom. The number of amides is 1. The smallest absolute Gasteiger partial charge is 0.407 e. The molecule has 0 bridgehead atoms. The van der Waals surface area contributed by atoms with Crippen molar-refractivity contribution in [2.24, 2.45) is 0 Å². The molecule has 0 spiro atoms. The average molecular weight is 155 g/mol. The lowest BCUT2D eigenvalue weighted by Gasteiger charge is -2.31. The van der Waals surface area contributed by atoms with Gasteiger partial charge in [-0.2, -0.15) is 0 Å². The van der Waals surface area contributed by atoms with Crippen molar-refractivity contribution in [2.75, 3.05) is 6.54 Å². The first-order chi connectivity index (χ1) is 5.25. The molecule has 0 aromatic carbocycles. The molecule has 1 N–H and O–H groups in total. The van der Waals surface area contributed by atoms with E-state index >= 15 is 0 Å². The number of likely N-dealkylation sites (tertiary alicyclic amines) is 1. The highest BCUT2D eigenvalue weighted by Crippen LogP contribution is 2.17. The molecule has 1 saturated heterocycles. The summed E-state index contributed by atoms with van der Waals surface area (Å²) in [6.07, 6.45) is 3.91. The molecule has 0 aromatic rings. The van der Waals surface area contributed by atoms with Gasteiger partial charge in [0, 0.05) is 6.54 Å². The van der Waals surface area contributed by atoms with Crippen LogP contribution in [0.15, 0.2) is 12.7 Å². The van der Waals surface area contributed by atoms with Gasteiger partial charge in [-0.3, -0.25) is 0 Å². The number of hydrogen-bond donors (Lipinski definition) is 1. The lowest BCUT2D eigenvalue weighted by Crippen LogP contribution is -2.41. The van der Waals surface area contributed by atoms with Crippen LogP contribution in [-0.2, 0) is 0 Å². The van der Waals surface area contributed by atoms with Crippen molar-refractivity contribution in [1.29, 1.82) is 0 Å². The minimum absolute atomic E-state index is 0.0428. The second-order valence-electron chi connectivity index (χ2n) is 2.77. The van der Waals surface area contributed by atoms with Gasteiger partial charge >= 0.3 is 6.09 Å². The lowest BCUT2D eigenvalue weighted by molar-refractivity contribution is 0.120. The molecule has 1 amide bonds. The van der Waals surface area contributed by atoms with E-state index in [4.69, 9.17) is 5.11 Å². The Hall–Kier alpha value is -0.990. The fourth-order valence-electron chi connectivity index (χ4n) is 1.44. The van der Waals surface area contributed by atoms with Crippen LogP contribution in [0.4, 0.5) is 4.79 Å². The van der Waals surface area contributed by atoms with Crippen molar-refractivity contribution in [3.63, 3.8) is 0 Å². The normalized spacial score (nSPS) is 24.7. The van der Waals surface area contributed by atoms with Crippen LogP contribution < -0.4 is 0 Å². The minimum atomic E-state index is -0.824. The fourth-order valence-corrected chi connectivity index (χ4v) is 1.44. The summed E-state index contributed by atoms with van der Waals surface area (Å²) in [5.74, 6) is 0. The molecule has 1 aliphatic rings. The van der Waals surface area contributed by atoms with E-state index in [1.54, 1.807) is 6.08 Å². The number of nitrogens with zero attached hydrogens (tertiary/aromatic N) is 1. The van der Waals surface area contributed by atoms with E-state index in [1.807, 2.05) is 0 Å². The zero-order valence-corrected chi connectivity index (χ0v) is 6.49. The highest BCUT2D eigenvalue weighted by Gasteiger charge is 2.23. The lowest BCUT2D eigenvalue weighted by atomic mass is 10.0. The Morgan fingerprint density at radius 1 is 1.64 bits per heavy atom. The predicted octanol–water partition coefficient (Wildman–Crippen LogP) is 1.70. The van der Waals surface area contributed by atoms with Gasteiger partial charge in [0.05, 0.1) is 6.04 Å². The maximum absolute atomic E-state index is 10.6. The molecule has 0 radical (unpaired) electrons. The van der Waals surface area contributed by atoms with Gasteiger partial charge in [-0.25, -0.2) is 4.79 Å². The van der Waals surface area contributed by atoms with Gasteiger partial charge < -0.3 is 10.0 Å². The summed E-state index contributed by atoms with van der Waals surface area (Å²) in [6.45, 7) is 4.27. The summed E-state index contributed by atoms with van der Waals surface area (Å²) < 4.78 is 0. The average Bonchev–Trinajstić information content (AvgIpc) is 2.04. The second-order valence-corrected chi connectivity index (χ2v) is 2.77. The van der Waals surface area contributed by atoms with Gasteiger partial charge in [0.1, 0.15) is 0 Å². The molecule has 1 fully saturated rings. The maximum atomic E-state index is 10.6. The molecule has 0 aliphatic carbocycles. The zero-order valence-electron chi connectivity index (χ0n) is 6.49. The van der Waals surface area contributed by atoms with E-state index in [1.165, 1.54) is 4.90 Å². The van der Waals surface area contributed by atoms with Gasteiger partial charge in [0.25, 0.3) is 0 Å². The van der Waals surface area contributed by atoms with Crippen LogP contribution in [0.3, 0.4) is 0 Å². The van der Waals surface area contributed by atoms with E-state index in [0.29, 0.717) is 6.54 Å². The van der Waals surface area contributed by atoms with Crippen molar-refractivity contribution in [1.82, 2.24) is 4.90 Å². The molecule has 1 atom stereocenters. The van der Waals surface area contributed by atoms with Crippen LogP contribution in [0.5, 0.6) is 0 Å². The number of hydrogen-bond acceptors (Lipinski definition) is 1. The molecule has 1 unspecified atom stereocenters. The number of piperidine rings is 1. The van der Waals surface area contributed by atoms with Crippen LogP contribution in [0.25, 0.3) is 0 Å². The highest BCUT2D eigenvalue weighted by atomic mass is 16.4. The number of carboxylic acid groups (broad SMARTS) is 1. The molecule has 0 aromatic heterocycles. The standard InChI is InChI=1S/C8H13NO2/c1-2-7-5-3-4-6-9(7)8(10)11/h2,7H,1,3-6H2,(H,10,11). The summed E-state index contributed by atoms with van der Waals surface area (Å²) in [4.78, 5) is 12.1. The first kappa shape index (κ1) is 8.11. The van der Waals surface area contributed by atoms with E-state index in [-0.39, 0.29) is 6.04 Å². The Kier molecular flexibility index (Phi) is 2.52. The highest BCUT2D eigenvalue weighted by molar-refractivity contribution is 5.65. The first-order valence-corrected chi connectivity index (χ1v) is 3.88. The summed E-state index contributed by atoms with van der Waals surface area (Å²) in [7, 11) is 0. The van der Waals surface area contributed by atoms with Gasteiger partial charge in [-0.15, -0.1) is 6.58 Å². The molecule has 1 heterocycles. The van der Waals surface area contributed by atoms with Crippen molar-refractivity contribution in [3.8, 4) is 0 Å². The van der Waals surface area contributed by atoms with Crippen LogP contribution in [0, 0.1) is 0 Å². The quantitative estimate of drug-likeness (QED) is 0.585. The third-order valence-corrected chi connectivity index (χ3v) is 2.07. The number of rotatable bonds is 1. The Labute approximate surface area is 66.3 Å². The molecule has 3 nitrogen and oxygen atoms in total. The zero-order chi connectivity index (χ0) is 8.27. The summed E-state index contributed by atoms with van der Waals surface area (Å²) in [6, 6.07) is 0.0428. The number of carbonyl (C=O) groups is 1. The Morgan fingerprint density at radius 2 is 2.36 bits per heavy atom. The van der Waals surface area contributed by atoms with Crippen molar-refractivity contribution >= 4 is 6.09 Å². The van der Waals surface area contributed by atoms with Crippen molar-refractivity contribution in [2.45, 2.75) is 25.3 Å². The molecule has 11 heavy (non-hydrogen) atoms.